The summed E-state index contributed by atoms with van der Waals surface area (Å²) < 4.78 is 26.0. The van der Waals surface area contributed by atoms with Crippen molar-refractivity contribution >= 4 is 0 Å². The summed E-state index contributed by atoms with van der Waals surface area (Å²) >= 11 is 0. The molecule has 0 unspecified atom stereocenters. The molecule has 1 saturated heterocycles. The molecular formula is C23H35FO2. The SMILES string of the molecule is CCCCC[C@H]1CC[C@H](C2COC(c3ccc(CC)c(F)c3)OC2)CC1. The summed E-state index contributed by atoms with van der Waals surface area (Å²) in [5.74, 6) is 2.02. The third kappa shape index (κ3) is 5.07. The molecule has 0 radical (unpaired) electrons. The molecule has 1 aromatic rings. The number of unbranched alkanes of at least 4 members (excludes halogenated alkanes) is 2. The van der Waals surface area contributed by atoms with Gasteiger partial charge in [0, 0.05) is 11.5 Å². The molecule has 1 saturated carbocycles. The van der Waals surface area contributed by atoms with Gasteiger partial charge in [0.05, 0.1) is 13.2 Å². The number of hydrogen-bond donors (Lipinski definition) is 0. The minimum Gasteiger partial charge on any atom is -0.348 e. The third-order valence-electron chi connectivity index (χ3n) is 6.43. The van der Waals surface area contributed by atoms with Gasteiger partial charge < -0.3 is 9.47 Å². The number of ether oxygens (including phenoxy) is 2. The van der Waals surface area contributed by atoms with Crippen LogP contribution in [0.3, 0.4) is 0 Å². The lowest BCUT2D eigenvalue weighted by atomic mass is 9.74. The summed E-state index contributed by atoms with van der Waals surface area (Å²) in [5, 5.41) is 0. The summed E-state index contributed by atoms with van der Waals surface area (Å²) in [5.41, 5.74) is 1.55. The van der Waals surface area contributed by atoms with Crippen LogP contribution in [0.4, 0.5) is 4.39 Å². The lowest BCUT2D eigenvalue weighted by Gasteiger charge is -2.38. The van der Waals surface area contributed by atoms with Crippen LogP contribution < -0.4 is 0 Å². The van der Waals surface area contributed by atoms with Crippen molar-refractivity contribution in [2.45, 2.75) is 77.9 Å². The van der Waals surface area contributed by atoms with E-state index in [9.17, 15) is 4.39 Å². The average molecular weight is 363 g/mol. The quantitative estimate of drug-likeness (QED) is 0.520. The molecule has 2 aliphatic rings. The molecule has 2 nitrogen and oxygen atoms in total. The Kier molecular flexibility index (Phi) is 7.51. The van der Waals surface area contributed by atoms with Crippen molar-refractivity contribution in [1.29, 1.82) is 0 Å². The Balaban J connectivity index is 1.43. The second-order valence-corrected chi connectivity index (χ2v) is 8.24. The lowest BCUT2D eigenvalue weighted by molar-refractivity contribution is -0.214. The first-order valence-electron chi connectivity index (χ1n) is 10.7. The van der Waals surface area contributed by atoms with Crippen molar-refractivity contribution in [2.24, 2.45) is 17.8 Å². The molecule has 2 fully saturated rings. The van der Waals surface area contributed by atoms with Gasteiger partial charge in [-0.1, -0.05) is 64.5 Å². The van der Waals surface area contributed by atoms with Crippen LogP contribution in [0.25, 0.3) is 0 Å². The molecule has 146 valence electrons. The van der Waals surface area contributed by atoms with Crippen molar-refractivity contribution in [3.05, 3.63) is 35.1 Å². The topological polar surface area (TPSA) is 18.5 Å². The summed E-state index contributed by atoms with van der Waals surface area (Å²) in [6.45, 7) is 5.73. The molecule has 3 rings (SSSR count). The van der Waals surface area contributed by atoms with Crippen LogP contribution in [0.15, 0.2) is 18.2 Å². The molecule has 0 bridgehead atoms. The maximum absolute atomic E-state index is 14.0. The van der Waals surface area contributed by atoms with Gasteiger partial charge in [0.1, 0.15) is 5.82 Å². The largest absolute Gasteiger partial charge is 0.348 e. The monoisotopic (exact) mass is 362 g/mol. The molecule has 0 amide bonds. The van der Waals surface area contributed by atoms with Crippen molar-refractivity contribution in [3.8, 4) is 0 Å². The minimum atomic E-state index is -0.406. The van der Waals surface area contributed by atoms with E-state index in [1.165, 1.54) is 51.4 Å². The molecule has 1 aromatic carbocycles. The first-order chi connectivity index (χ1) is 12.7. The maximum Gasteiger partial charge on any atom is 0.183 e. The van der Waals surface area contributed by atoms with Gasteiger partial charge in [-0.25, -0.2) is 4.39 Å². The number of aryl methyl sites for hydroxylation is 1. The fourth-order valence-electron chi connectivity index (χ4n) is 4.61. The highest BCUT2D eigenvalue weighted by molar-refractivity contribution is 5.25. The van der Waals surface area contributed by atoms with E-state index in [1.807, 2.05) is 19.1 Å². The Bertz CT molecular complexity index is 543. The van der Waals surface area contributed by atoms with E-state index in [1.54, 1.807) is 6.07 Å². The molecule has 26 heavy (non-hydrogen) atoms. The molecule has 0 atom stereocenters. The van der Waals surface area contributed by atoms with E-state index in [0.717, 1.165) is 36.2 Å². The molecule has 1 aliphatic heterocycles. The summed E-state index contributed by atoms with van der Waals surface area (Å²) in [7, 11) is 0. The fourth-order valence-corrected chi connectivity index (χ4v) is 4.61. The molecule has 0 aromatic heterocycles. The normalized spacial score (nSPS) is 29.7. The van der Waals surface area contributed by atoms with Crippen LogP contribution in [0.5, 0.6) is 0 Å². The summed E-state index contributed by atoms with van der Waals surface area (Å²) in [6.07, 6.45) is 11.2. The van der Waals surface area contributed by atoms with E-state index >= 15 is 0 Å². The predicted molar refractivity (Wildman–Crippen MR) is 104 cm³/mol. The van der Waals surface area contributed by atoms with Crippen molar-refractivity contribution in [1.82, 2.24) is 0 Å². The number of rotatable bonds is 7. The van der Waals surface area contributed by atoms with Gasteiger partial charge in [-0.3, -0.25) is 0 Å². The highest BCUT2D eigenvalue weighted by atomic mass is 19.1. The number of halogens is 1. The lowest BCUT2D eigenvalue weighted by Crippen LogP contribution is -2.34. The summed E-state index contributed by atoms with van der Waals surface area (Å²) in [4.78, 5) is 0. The van der Waals surface area contributed by atoms with E-state index < -0.39 is 6.29 Å². The van der Waals surface area contributed by atoms with E-state index in [-0.39, 0.29) is 5.82 Å². The minimum absolute atomic E-state index is 0.152. The average Bonchev–Trinajstić information content (AvgIpc) is 2.69. The van der Waals surface area contributed by atoms with Gasteiger partial charge in [-0.2, -0.15) is 0 Å². The van der Waals surface area contributed by atoms with Gasteiger partial charge in [0.15, 0.2) is 6.29 Å². The van der Waals surface area contributed by atoms with Gasteiger partial charge >= 0.3 is 0 Å². The van der Waals surface area contributed by atoms with Gasteiger partial charge in [0.2, 0.25) is 0 Å². The van der Waals surface area contributed by atoms with Crippen LogP contribution in [0.2, 0.25) is 0 Å². The number of hydrogen-bond acceptors (Lipinski definition) is 2. The van der Waals surface area contributed by atoms with Crippen LogP contribution in [-0.2, 0) is 15.9 Å². The van der Waals surface area contributed by atoms with Crippen molar-refractivity contribution < 1.29 is 13.9 Å². The fraction of sp³-hybridized carbons (Fsp3) is 0.739. The maximum atomic E-state index is 14.0. The Morgan fingerprint density at radius 1 is 0.962 bits per heavy atom. The van der Waals surface area contributed by atoms with Crippen molar-refractivity contribution in [3.63, 3.8) is 0 Å². The molecule has 1 aliphatic carbocycles. The van der Waals surface area contributed by atoms with E-state index in [4.69, 9.17) is 9.47 Å². The second kappa shape index (κ2) is 9.85. The van der Waals surface area contributed by atoms with E-state index in [0.29, 0.717) is 12.3 Å². The Hall–Kier alpha value is -0.930. The third-order valence-corrected chi connectivity index (χ3v) is 6.43. The first-order valence-corrected chi connectivity index (χ1v) is 10.7. The van der Waals surface area contributed by atoms with E-state index in [2.05, 4.69) is 6.92 Å². The van der Waals surface area contributed by atoms with Crippen LogP contribution in [0, 0.1) is 23.6 Å². The van der Waals surface area contributed by atoms with Gasteiger partial charge in [0.25, 0.3) is 0 Å². The molecule has 0 N–H and O–H groups in total. The highest BCUT2D eigenvalue weighted by Gasteiger charge is 2.32. The van der Waals surface area contributed by atoms with Crippen molar-refractivity contribution in [2.75, 3.05) is 13.2 Å². The zero-order chi connectivity index (χ0) is 18.4. The van der Waals surface area contributed by atoms with Crippen LogP contribution >= 0.6 is 0 Å². The van der Waals surface area contributed by atoms with Crippen LogP contribution in [-0.4, -0.2) is 13.2 Å². The Morgan fingerprint density at radius 2 is 1.69 bits per heavy atom. The second-order valence-electron chi connectivity index (χ2n) is 8.24. The Morgan fingerprint density at radius 3 is 2.31 bits per heavy atom. The Labute approximate surface area is 158 Å². The predicted octanol–water partition coefficient (Wildman–Crippen LogP) is 6.44. The molecule has 1 heterocycles. The van der Waals surface area contributed by atoms with Crippen LogP contribution in [0.1, 0.15) is 82.6 Å². The molecule has 0 spiro atoms. The zero-order valence-electron chi connectivity index (χ0n) is 16.5. The standard InChI is InChI=1S/C23H35FO2/c1-3-5-6-7-17-8-10-19(11-9-17)21-15-25-23(26-16-21)20-13-12-18(4-2)22(24)14-20/h12-14,17,19,21,23H,3-11,15-16H2,1-2H3/t17-,19-,21?,23?. The molecular weight excluding hydrogens is 327 g/mol. The highest BCUT2D eigenvalue weighted by Crippen LogP contribution is 2.38. The smallest absolute Gasteiger partial charge is 0.183 e. The first kappa shape index (κ1) is 19.8. The zero-order valence-corrected chi connectivity index (χ0v) is 16.5. The molecule has 3 heteroatoms. The van der Waals surface area contributed by atoms with Gasteiger partial charge in [-0.05, 0) is 42.7 Å². The summed E-state index contributed by atoms with van der Waals surface area (Å²) in [6, 6.07) is 5.36. The number of benzene rings is 1. The van der Waals surface area contributed by atoms with Gasteiger partial charge in [-0.15, -0.1) is 0 Å².